The van der Waals surface area contributed by atoms with Gasteiger partial charge >= 0.3 is 12.0 Å². The fraction of sp³-hybridized carbons (Fsp3) is 0.609. The largest absolute Gasteiger partial charge is 0.492 e. The third-order valence-corrected chi connectivity index (χ3v) is 8.17. The van der Waals surface area contributed by atoms with Gasteiger partial charge in [-0.25, -0.2) is 17.5 Å². The number of likely N-dealkylation sites (N-methyl/N-ethyl adjacent to an activating group) is 2. The minimum Gasteiger partial charge on any atom is -0.492 e. The van der Waals surface area contributed by atoms with Gasteiger partial charge in [-0.15, -0.1) is 0 Å². The van der Waals surface area contributed by atoms with Gasteiger partial charge in [0, 0.05) is 33.6 Å². The number of nitrogens with zero attached hydrogens (tertiary/aromatic N) is 3. The fourth-order valence-corrected chi connectivity index (χ4v) is 5.14. The zero-order chi connectivity index (χ0) is 25.5. The molecule has 1 saturated heterocycles. The number of urea groups is 1. The molecule has 0 aliphatic carbocycles. The first-order valence-corrected chi connectivity index (χ1v) is 12.8. The number of rotatable bonds is 13. The number of ether oxygens (including phenoxy) is 2. The molecule has 3 amide bonds. The summed E-state index contributed by atoms with van der Waals surface area (Å²) in [5.74, 6) is -0.929. The van der Waals surface area contributed by atoms with Crippen molar-refractivity contribution in [3.8, 4) is 5.75 Å². The molecule has 1 atom stereocenters. The molecule has 190 valence electrons. The lowest BCUT2D eigenvalue weighted by Gasteiger charge is -2.22. The molecule has 1 heterocycles. The number of amides is 3. The van der Waals surface area contributed by atoms with E-state index in [1.54, 1.807) is 33.0 Å². The number of hydrogen-bond donors (Lipinski definition) is 0. The number of sulfonamides is 1. The number of esters is 1. The number of para-hydroxylation sites is 1. The van der Waals surface area contributed by atoms with Gasteiger partial charge in [-0.2, -0.15) is 0 Å². The Hall–Kier alpha value is -2.66. The highest BCUT2D eigenvalue weighted by Crippen LogP contribution is 2.26. The predicted octanol–water partition coefficient (Wildman–Crippen LogP) is 1.96. The smallest absolute Gasteiger partial charge is 0.327 e. The van der Waals surface area contributed by atoms with E-state index in [-0.39, 0.29) is 43.8 Å². The number of carbonyl (C=O) groups excluding carboxylic acids is 3. The summed E-state index contributed by atoms with van der Waals surface area (Å²) < 4.78 is 37.3. The van der Waals surface area contributed by atoms with Crippen molar-refractivity contribution in [3.63, 3.8) is 0 Å². The molecule has 1 aromatic carbocycles. The van der Waals surface area contributed by atoms with E-state index in [0.717, 1.165) is 0 Å². The first-order valence-electron chi connectivity index (χ1n) is 11.2. The van der Waals surface area contributed by atoms with Crippen molar-refractivity contribution in [1.82, 2.24) is 14.1 Å². The summed E-state index contributed by atoms with van der Waals surface area (Å²) in [6.07, 6.45) is 0.640. The Morgan fingerprint density at radius 1 is 1.18 bits per heavy atom. The summed E-state index contributed by atoms with van der Waals surface area (Å²) in [7, 11) is 0.618. The van der Waals surface area contributed by atoms with Crippen LogP contribution in [-0.2, 0) is 24.3 Å². The molecule has 11 heteroatoms. The summed E-state index contributed by atoms with van der Waals surface area (Å²) in [4.78, 5) is 39.4. The summed E-state index contributed by atoms with van der Waals surface area (Å²) >= 11 is 0. The van der Waals surface area contributed by atoms with Crippen LogP contribution in [0.1, 0.15) is 33.1 Å². The van der Waals surface area contributed by atoms with Crippen LogP contribution in [0.3, 0.4) is 0 Å². The average Bonchev–Trinajstić information content (AvgIpc) is 2.93. The van der Waals surface area contributed by atoms with E-state index in [1.165, 1.54) is 28.3 Å². The minimum atomic E-state index is -3.68. The average molecular weight is 498 g/mol. The van der Waals surface area contributed by atoms with Crippen molar-refractivity contribution in [2.75, 3.05) is 46.7 Å². The van der Waals surface area contributed by atoms with E-state index < -0.39 is 27.4 Å². The monoisotopic (exact) mass is 497 g/mol. The van der Waals surface area contributed by atoms with Gasteiger partial charge < -0.3 is 14.4 Å². The normalized spacial score (nSPS) is 16.8. The summed E-state index contributed by atoms with van der Waals surface area (Å²) in [5.41, 5.74) is -0.920. The van der Waals surface area contributed by atoms with Gasteiger partial charge in [-0.05, 0) is 44.7 Å². The van der Waals surface area contributed by atoms with Crippen LogP contribution in [0.5, 0.6) is 5.75 Å². The second kappa shape index (κ2) is 11.7. The van der Waals surface area contributed by atoms with Crippen molar-refractivity contribution in [3.05, 3.63) is 30.3 Å². The van der Waals surface area contributed by atoms with Crippen LogP contribution < -0.4 is 4.74 Å². The molecule has 1 fully saturated rings. The molecule has 34 heavy (non-hydrogen) atoms. The quantitative estimate of drug-likeness (QED) is 0.302. The van der Waals surface area contributed by atoms with Crippen LogP contribution >= 0.6 is 0 Å². The van der Waals surface area contributed by atoms with E-state index in [9.17, 15) is 22.8 Å². The molecule has 1 aliphatic heterocycles. The van der Waals surface area contributed by atoms with Crippen molar-refractivity contribution in [1.29, 1.82) is 0 Å². The van der Waals surface area contributed by atoms with Crippen molar-refractivity contribution in [2.24, 2.45) is 5.92 Å². The van der Waals surface area contributed by atoms with Gasteiger partial charge in [0.1, 0.15) is 17.9 Å². The second-order valence-corrected chi connectivity index (χ2v) is 11.0. The number of imide groups is 1. The van der Waals surface area contributed by atoms with Crippen LogP contribution in [-0.4, -0.2) is 92.6 Å². The maximum Gasteiger partial charge on any atom is 0.327 e. The molecule has 1 aliphatic rings. The van der Waals surface area contributed by atoms with Gasteiger partial charge in [0.25, 0.3) is 5.91 Å². The Morgan fingerprint density at radius 2 is 1.82 bits per heavy atom. The van der Waals surface area contributed by atoms with Crippen molar-refractivity contribution >= 4 is 27.9 Å². The van der Waals surface area contributed by atoms with Gasteiger partial charge in [0.15, 0.2) is 0 Å². The molecule has 0 saturated carbocycles. The Labute approximate surface area is 201 Å². The number of benzene rings is 1. The zero-order valence-electron chi connectivity index (χ0n) is 20.5. The topological polar surface area (TPSA) is 114 Å². The molecular formula is C23H35N3O7S. The van der Waals surface area contributed by atoms with E-state index in [4.69, 9.17) is 9.47 Å². The highest BCUT2D eigenvalue weighted by atomic mass is 32.2. The van der Waals surface area contributed by atoms with Crippen LogP contribution in [0.25, 0.3) is 0 Å². The maximum atomic E-state index is 12.9. The molecule has 0 aromatic heterocycles. The molecular weight excluding hydrogens is 462 g/mol. The van der Waals surface area contributed by atoms with Gasteiger partial charge in [0.2, 0.25) is 10.0 Å². The van der Waals surface area contributed by atoms with E-state index >= 15 is 0 Å². The first-order chi connectivity index (χ1) is 15.9. The zero-order valence-corrected chi connectivity index (χ0v) is 21.3. The summed E-state index contributed by atoms with van der Waals surface area (Å²) in [6, 6.07) is 8.71. The highest BCUT2D eigenvalue weighted by molar-refractivity contribution is 7.89. The molecule has 2 rings (SSSR count). The van der Waals surface area contributed by atoms with Crippen LogP contribution in [0.2, 0.25) is 0 Å². The third kappa shape index (κ3) is 6.92. The molecule has 0 radical (unpaired) electrons. The molecule has 1 unspecified atom stereocenters. The van der Waals surface area contributed by atoms with Crippen molar-refractivity contribution < 1.29 is 32.3 Å². The van der Waals surface area contributed by atoms with E-state index in [2.05, 4.69) is 0 Å². The molecule has 0 bridgehead atoms. The van der Waals surface area contributed by atoms with Crippen LogP contribution in [0, 0.1) is 5.92 Å². The minimum absolute atomic E-state index is 0.0720. The lowest BCUT2D eigenvalue weighted by molar-refractivity contribution is -0.141. The van der Waals surface area contributed by atoms with E-state index in [0.29, 0.717) is 18.6 Å². The van der Waals surface area contributed by atoms with Gasteiger partial charge in [-0.3, -0.25) is 14.5 Å². The van der Waals surface area contributed by atoms with Crippen molar-refractivity contribution in [2.45, 2.75) is 38.6 Å². The lowest BCUT2D eigenvalue weighted by Crippen LogP contribution is -2.41. The van der Waals surface area contributed by atoms with Crippen LogP contribution in [0.15, 0.2) is 30.3 Å². The summed E-state index contributed by atoms with van der Waals surface area (Å²) in [6.45, 7) is 3.85. The van der Waals surface area contributed by atoms with Crippen LogP contribution in [0.4, 0.5) is 4.79 Å². The Bertz CT molecular complexity index is 966. The molecule has 0 spiro atoms. The first kappa shape index (κ1) is 27.6. The standard InChI is InChI=1S/C23H35N3O7S/c1-23(2)21(28)26(22(29)25(23)4)13-9-10-18(16-20(27)32-5)17-34(30,31)24(3)14-15-33-19-11-7-6-8-12-19/h6-8,11-12,18H,9-10,13-17H2,1-5H3. The fourth-order valence-electron chi connectivity index (χ4n) is 3.65. The third-order valence-electron chi connectivity index (χ3n) is 6.14. The molecule has 0 N–H and O–H groups in total. The molecule has 10 nitrogen and oxygen atoms in total. The Kier molecular flexibility index (Phi) is 9.45. The maximum absolute atomic E-state index is 12.9. The highest BCUT2D eigenvalue weighted by Gasteiger charge is 2.48. The van der Waals surface area contributed by atoms with Gasteiger partial charge in [-0.1, -0.05) is 18.2 Å². The second-order valence-electron chi connectivity index (χ2n) is 8.91. The Balaban J connectivity index is 1.94. The Morgan fingerprint density at radius 3 is 2.38 bits per heavy atom. The summed E-state index contributed by atoms with van der Waals surface area (Å²) in [5, 5.41) is 0. The lowest BCUT2D eigenvalue weighted by atomic mass is 10.0. The van der Waals surface area contributed by atoms with E-state index in [1.807, 2.05) is 18.2 Å². The van der Waals surface area contributed by atoms with Gasteiger partial charge in [0.05, 0.1) is 12.9 Å². The SMILES string of the molecule is COC(=O)CC(CCCN1C(=O)N(C)C(C)(C)C1=O)CS(=O)(=O)N(C)CCOc1ccccc1. The number of carbonyl (C=O) groups is 3. The number of methoxy groups -OCH3 is 1. The predicted molar refractivity (Wildman–Crippen MR) is 127 cm³/mol. The molecule has 1 aromatic rings. The number of hydrogen-bond acceptors (Lipinski definition) is 7.